The monoisotopic (exact) mass is 401 g/mol. The molecule has 0 radical (unpaired) electrons. The van der Waals surface area contributed by atoms with E-state index < -0.39 is 10.0 Å². The largest absolute Gasteiger partial charge is 0.325 e. The van der Waals surface area contributed by atoms with Gasteiger partial charge in [0, 0.05) is 24.8 Å². The Kier molecular flexibility index (Phi) is 6.49. The summed E-state index contributed by atoms with van der Waals surface area (Å²) < 4.78 is 27.7. The summed E-state index contributed by atoms with van der Waals surface area (Å²) in [6.07, 6.45) is 1.35. The van der Waals surface area contributed by atoms with Crippen molar-refractivity contribution in [3.8, 4) is 0 Å². The molecular weight excluding hydrogens is 374 g/mol. The number of carbonyl (C=O) groups is 1. The standard InChI is InChI=1S/C21H27N3O3S/c1-16-8-10-18(11-9-16)22-21(25)17(2)24-14-12-19(13-15-24)23-28(26,27)20-6-4-3-5-7-20/h3-11,17,19,23H,12-15H2,1-2H3,(H,22,25). The molecule has 1 unspecified atom stereocenters. The van der Waals surface area contributed by atoms with Crippen LogP contribution in [0.1, 0.15) is 25.3 Å². The summed E-state index contributed by atoms with van der Waals surface area (Å²) in [6, 6.07) is 15.7. The molecule has 0 saturated carbocycles. The van der Waals surface area contributed by atoms with Crippen molar-refractivity contribution in [1.29, 1.82) is 0 Å². The molecule has 1 fully saturated rings. The van der Waals surface area contributed by atoms with Gasteiger partial charge in [-0.15, -0.1) is 0 Å². The average molecular weight is 402 g/mol. The normalized spacial score (nSPS) is 17.2. The van der Waals surface area contributed by atoms with E-state index in [1.807, 2.05) is 38.1 Å². The number of nitrogens with one attached hydrogen (secondary N) is 2. The predicted octanol–water partition coefficient (Wildman–Crippen LogP) is 2.76. The number of sulfonamides is 1. The fraction of sp³-hybridized carbons (Fsp3) is 0.381. The van der Waals surface area contributed by atoms with Crippen molar-refractivity contribution in [2.24, 2.45) is 0 Å². The van der Waals surface area contributed by atoms with Crippen LogP contribution < -0.4 is 10.0 Å². The van der Waals surface area contributed by atoms with E-state index >= 15 is 0 Å². The number of aryl methyl sites for hydroxylation is 1. The number of piperidine rings is 1. The maximum Gasteiger partial charge on any atom is 0.241 e. The van der Waals surface area contributed by atoms with Crippen LogP contribution in [0.3, 0.4) is 0 Å². The van der Waals surface area contributed by atoms with Crippen LogP contribution in [0.4, 0.5) is 5.69 Å². The molecular formula is C21H27N3O3S. The quantitative estimate of drug-likeness (QED) is 0.780. The van der Waals surface area contributed by atoms with Gasteiger partial charge >= 0.3 is 0 Å². The number of carbonyl (C=O) groups excluding carboxylic acids is 1. The Morgan fingerprint density at radius 2 is 1.64 bits per heavy atom. The minimum absolute atomic E-state index is 0.0489. The first-order chi connectivity index (χ1) is 13.3. The summed E-state index contributed by atoms with van der Waals surface area (Å²) in [5, 5.41) is 2.95. The van der Waals surface area contributed by atoms with Crippen molar-refractivity contribution >= 4 is 21.6 Å². The summed E-state index contributed by atoms with van der Waals surface area (Å²) >= 11 is 0. The van der Waals surface area contributed by atoms with Crippen molar-refractivity contribution in [3.05, 3.63) is 60.2 Å². The molecule has 1 heterocycles. The zero-order valence-corrected chi connectivity index (χ0v) is 17.1. The summed E-state index contributed by atoms with van der Waals surface area (Å²) in [7, 11) is -3.51. The molecule has 2 aromatic carbocycles. The summed E-state index contributed by atoms with van der Waals surface area (Å²) in [5.74, 6) is -0.0489. The molecule has 1 aliphatic rings. The Balaban J connectivity index is 1.51. The minimum atomic E-state index is -3.51. The molecule has 2 aromatic rings. The van der Waals surface area contributed by atoms with Gasteiger partial charge in [0.1, 0.15) is 0 Å². The number of hydrogen-bond donors (Lipinski definition) is 2. The number of rotatable bonds is 6. The van der Waals surface area contributed by atoms with Crippen LogP contribution >= 0.6 is 0 Å². The summed E-state index contributed by atoms with van der Waals surface area (Å²) in [6.45, 7) is 5.23. The lowest BCUT2D eigenvalue weighted by atomic mass is 10.0. The number of anilines is 1. The smallest absolute Gasteiger partial charge is 0.241 e. The molecule has 1 aliphatic heterocycles. The molecule has 3 rings (SSSR count). The highest BCUT2D eigenvalue weighted by Gasteiger charge is 2.29. The van der Waals surface area contributed by atoms with Crippen LogP contribution in [-0.4, -0.2) is 44.4 Å². The highest BCUT2D eigenvalue weighted by Crippen LogP contribution is 2.18. The van der Waals surface area contributed by atoms with Gasteiger partial charge in [-0.25, -0.2) is 13.1 Å². The van der Waals surface area contributed by atoms with E-state index in [9.17, 15) is 13.2 Å². The van der Waals surface area contributed by atoms with Crippen LogP contribution in [-0.2, 0) is 14.8 Å². The van der Waals surface area contributed by atoms with E-state index in [1.165, 1.54) is 0 Å². The van der Waals surface area contributed by atoms with E-state index in [0.29, 0.717) is 25.9 Å². The third-order valence-corrected chi connectivity index (χ3v) is 6.69. The second kappa shape index (κ2) is 8.86. The van der Waals surface area contributed by atoms with Crippen molar-refractivity contribution < 1.29 is 13.2 Å². The Labute approximate surface area is 167 Å². The van der Waals surface area contributed by atoms with Gasteiger partial charge in [0.05, 0.1) is 10.9 Å². The number of nitrogens with zero attached hydrogens (tertiary/aromatic N) is 1. The molecule has 1 amide bonds. The maximum absolute atomic E-state index is 12.5. The predicted molar refractivity (Wildman–Crippen MR) is 111 cm³/mol. The number of hydrogen-bond acceptors (Lipinski definition) is 4. The zero-order chi connectivity index (χ0) is 20.1. The van der Waals surface area contributed by atoms with E-state index in [-0.39, 0.29) is 22.9 Å². The van der Waals surface area contributed by atoms with Crippen LogP contribution in [0.2, 0.25) is 0 Å². The van der Waals surface area contributed by atoms with Gasteiger partial charge in [0.25, 0.3) is 0 Å². The Hall–Kier alpha value is -2.22. The second-order valence-electron chi connectivity index (χ2n) is 7.28. The van der Waals surface area contributed by atoms with Crippen molar-refractivity contribution in [3.63, 3.8) is 0 Å². The van der Waals surface area contributed by atoms with Gasteiger partial charge in [-0.2, -0.15) is 0 Å². The third kappa shape index (κ3) is 5.19. The second-order valence-corrected chi connectivity index (χ2v) is 8.99. The minimum Gasteiger partial charge on any atom is -0.325 e. The molecule has 1 saturated heterocycles. The molecule has 0 bridgehead atoms. The lowest BCUT2D eigenvalue weighted by molar-refractivity contribution is -0.121. The maximum atomic E-state index is 12.5. The van der Waals surface area contributed by atoms with Crippen LogP contribution in [0.25, 0.3) is 0 Å². The lowest BCUT2D eigenvalue weighted by Crippen LogP contribution is -2.50. The van der Waals surface area contributed by atoms with Gasteiger partial charge in [-0.1, -0.05) is 35.9 Å². The van der Waals surface area contributed by atoms with E-state index in [2.05, 4.69) is 14.9 Å². The van der Waals surface area contributed by atoms with Crippen molar-refractivity contribution in [1.82, 2.24) is 9.62 Å². The Bertz CT molecular complexity index is 890. The van der Waals surface area contributed by atoms with E-state index in [1.54, 1.807) is 30.3 Å². The molecule has 2 N–H and O–H groups in total. The number of likely N-dealkylation sites (tertiary alicyclic amines) is 1. The number of benzene rings is 2. The highest BCUT2D eigenvalue weighted by molar-refractivity contribution is 7.89. The van der Waals surface area contributed by atoms with Crippen molar-refractivity contribution in [2.75, 3.05) is 18.4 Å². The van der Waals surface area contributed by atoms with Crippen molar-refractivity contribution in [2.45, 2.75) is 43.7 Å². The molecule has 6 nitrogen and oxygen atoms in total. The van der Waals surface area contributed by atoms with Gasteiger partial charge in [0.15, 0.2) is 0 Å². The van der Waals surface area contributed by atoms with Gasteiger partial charge in [-0.05, 0) is 51.0 Å². The third-order valence-electron chi connectivity index (χ3n) is 5.15. The summed E-state index contributed by atoms with van der Waals surface area (Å²) in [4.78, 5) is 14.9. The topological polar surface area (TPSA) is 78.5 Å². The molecule has 28 heavy (non-hydrogen) atoms. The average Bonchev–Trinajstić information content (AvgIpc) is 2.70. The number of amides is 1. The van der Waals surface area contributed by atoms with Gasteiger partial charge in [0.2, 0.25) is 15.9 Å². The molecule has 7 heteroatoms. The SMILES string of the molecule is Cc1ccc(NC(=O)C(C)N2CCC(NS(=O)(=O)c3ccccc3)CC2)cc1. The first-order valence-corrected chi connectivity index (χ1v) is 11.0. The molecule has 0 spiro atoms. The Morgan fingerprint density at radius 3 is 2.25 bits per heavy atom. The molecule has 0 aliphatic carbocycles. The first kappa shape index (κ1) is 20.5. The molecule has 1 atom stereocenters. The fourth-order valence-corrected chi connectivity index (χ4v) is 4.67. The fourth-order valence-electron chi connectivity index (χ4n) is 3.34. The summed E-state index contributed by atoms with van der Waals surface area (Å²) in [5.41, 5.74) is 1.93. The lowest BCUT2D eigenvalue weighted by Gasteiger charge is -2.35. The van der Waals surface area contributed by atoms with Gasteiger partial charge < -0.3 is 5.32 Å². The van der Waals surface area contributed by atoms with E-state index in [0.717, 1.165) is 11.3 Å². The molecule has 0 aromatic heterocycles. The van der Waals surface area contributed by atoms with Crippen LogP contribution in [0, 0.1) is 6.92 Å². The molecule has 150 valence electrons. The van der Waals surface area contributed by atoms with Crippen LogP contribution in [0.15, 0.2) is 59.5 Å². The first-order valence-electron chi connectivity index (χ1n) is 9.54. The highest BCUT2D eigenvalue weighted by atomic mass is 32.2. The van der Waals surface area contributed by atoms with Gasteiger partial charge in [-0.3, -0.25) is 9.69 Å². The van der Waals surface area contributed by atoms with Crippen LogP contribution in [0.5, 0.6) is 0 Å². The Morgan fingerprint density at radius 1 is 1.04 bits per heavy atom. The van der Waals surface area contributed by atoms with E-state index in [4.69, 9.17) is 0 Å². The zero-order valence-electron chi connectivity index (χ0n) is 16.3.